The number of hydrogen-bond acceptors (Lipinski definition) is 5. The monoisotopic (exact) mass is 259 g/mol. The predicted molar refractivity (Wildman–Crippen MR) is 69.3 cm³/mol. The summed E-state index contributed by atoms with van der Waals surface area (Å²) in [4.78, 5) is 20.1. The second kappa shape index (κ2) is 6.04. The van der Waals surface area contributed by atoms with Crippen molar-refractivity contribution in [1.82, 2.24) is 5.06 Å². The van der Waals surface area contributed by atoms with Crippen molar-refractivity contribution in [3.05, 3.63) is 42.1 Å². The minimum absolute atomic E-state index is 0.0594. The fourth-order valence-corrected chi connectivity index (χ4v) is 1.83. The van der Waals surface area contributed by atoms with E-state index < -0.39 is 6.08 Å². The number of allylic oxidation sites excluding steroid dienone is 2. The van der Waals surface area contributed by atoms with Gasteiger partial charge in [-0.3, -0.25) is 4.79 Å². The van der Waals surface area contributed by atoms with Crippen LogP contribution in [0.15, 0.2) is 47.1 Å². The molecule has 1 aliphatic carbocycles. The van der Waals surface area contributed by atoms with Crippen LogP contribution in [0.3, 0.4) is 0 Å². The van der Waals surface area contributed by atoms with Crippen molar-refractivity contribution in [2.45, 2.75) is 19.3 Å². The molecule has 100 valence electrons. The molecule has 0 spiro atoms. The van der Waals surface area contributed by atoms with Gasteiger partial charge in [0.05, 0.1) is 5.69 Å². The molecule has 1 aromatic carbocycles. The van der Waals surface area contributed by atoms with Crippen LogP contribution in [0, 0.1) is 0 Å². The van der Waals surface area contributed by atoms with Gasteiger partial charge in [-0.2, -0.15) is 0 Å². The molecule has 0 N–H and O–H groups in total. The fourth-order valence-electron chi connectivity index (χ4n) is 1.83. The Morgan fingerprint density at radius 2 is 2.05 bits per heavy atom. The molecule has 1 aromatic rings. The van der Waals surface area contributed by atoms with Gasteiger partial charge in [0.1, 0.15) is 0 Å². The van der Waals surface area contributed by atoms with Gasteiger partial charge in [0.25, 0.3) is 0 Å². The molecule has 0 aliphatic heterocycles. The van der Waals surface area contributed by atoms with Crippen LogP contribution in [0.25, 0.3) is 0 Å². The van der Waals surface area contributed by atoms with Crippen molar-refractivity contribution < 1.29 is 14.7 Å². The Hall–Kier alpha value is -2.30. The van der Waals surface area contributed by atoms with Gasteiger partial charge in [0.15, 0.2) is 11.9 Å². The molecule has 0 atom stereocenters. The van der Waals surface area contributed by atoms with E-state index in [0.717, 1.165) is 12.8 Å². The number of ketones is 1. The molecular formula is C14H15N2O3-. The molecule has 1 aliphatic rings. The summed E-state index contributed by atoms with van der Waals surface area (Å²) in [5.41, 5.74) is 1.24. The Morgan fingerprint density at radius 1 is 1.32 bits per heavy atom. The van der Waals surface area contributed by atoms with Crippen LogP contribution in [-0.4, -0.2) is 24.0 Å². The topological polar surface area (TPSA) is 65.0 Å². The smallest absolute Gasteiger partial charge is 0.168 e. The first-order chi connectivity index (χ1) is 9.15. The number of hydrogen-bond donors (Lipinski definition) is 0. The van der Waals surface area contributed by atoms with E-state index in [1.165, 1.54) is 11.1 Å². The lowest BCUT2D eigenvalue weighted by Gasteiger charge is -2.31. The van der Waals surface area contributed by atoms with E-state index in [1.54, 1.807) is 31.3 Å². The van der Waals surface area contributed by atoms with Gasteiger partial charge in [-0.05, 0) is 25.0 Å². The van der Waals surface area contributed by atoms with Crippen LogP contribution in [0.5, 0.6) is 0 Å². The molecule has 0 amide bonds. The maximum absolute atomic E-state index is 11.6. The molecule has 0 saturated carbocycles. The highest BCUT2D eigenvalue weighted by molar-refractivity contribution is 5.91. The van der Waals surface area contributed by atoms with Crippen molar-refractivity contribution in [3.63, 3.8) is 0 Å². The summed E-state index contributed by atoms with van der Waals surface area (Å²) in [5, 5.41) is 12.9. The summed E-state index contributed by atoms with van der Waals surface area (Å²) in [5.74, 6) is 0.0594. The lowest BCUT2D eigenvalue weighted by atomic mass is 10.0. The van der Waals surface area contributed by atoms with E-state index >= 15 is 0 Å². The zero-order valence-electron chi connectivity index (χ0n) is 10.7. The number of hydroxylamine groups is 2. The molecule has 0 bridgehead atoms. The number of nitrogens with zero attached hydrogens (tertiary/aromatic N) is 2. The minimum atomic E-state index is -0.701. The summed E-state index contributed by atoms with van der Waals surface area (Å²) in [7, 11) is 1.60. The molecule has 5 heteroatoms. The molecule has 19 heavy (non-hydrogen) atoms. The van der Waals surface area contributed by atoms with Crippen LogP contribution < -0.4 is 5.11 Å². The summed E-state index contributed by atoms with van der Waals surface area (Å²) in [6, 6.07) is 8.85. The van der Waals surface area contributed by atoms with Gasteiger partial charge < -0.3 is 15.0 Å². The maximum atomic E-state index is 11.6. The SMILES string of the molecule is CN(OC([O-])=Nc1ccccc1)C1=CC(=O)CCC1. The van der Waals surface area contributed by atoms with Crippen molar-refractivity contribution in [2.75, 3.05) is 7.05 Å². The molecule has 5 nitrogen and oxygen atoms in total. The van der Waals surface area contributed by atoms with E-state index in [1.807, 2.05) is 6.07 Å². The number of rotatable bonds is 3. The van der Waals surface area contributed by atoms with Crippen LogP contribution in [0.2, 0.25) is 0 Å². The Morgan fingerprint density at radius 3 is 2.74 bits per heavy atom. The Balaban J connectivity index is 2.00. The second-order valence-electron chi connectivity index (χ2n) is 4.26. The standard InChI is InChI=1S/C14H16N2O3/c1-16(12-8-5-9-13(17)10-12)19-14(18)15-11-6-3-2-4-7-11/h2-4,6-7,10H,5,8-9H2,1H3,(H,15,18)/p-1. The van der Waals surface area contributed by atoms with Gasteiger partial charge >= 0.3 is 0 Å². The van der Waals surface area contributed by atoms with Crippen molar-refractivity contribution in [2.24, 2.45) is 4.99 Å². The summed E-state index contributed by atoms with van der Waals surface area (Å²) >= 11 is 0. The highest BCUT2D eigenvalue weighted by Gasteiger charge is 2.12. The van der Waals surface area contributed by atoms with Gasteiger partial charge in [0.2, 0.25) is 0 Å². The first kappa shape index (κ1) is 13.1. The lowest BCUT2D eigenvalue weighted by molar-refractivity contribution is -0.276. The fraction of sp³-hybridized carbons (Fsp3) is 0.286. The van der Waals surface area contributed by atoms with E-state index in [4.69, 9.17) is 4.84 Å². The lowest BCUT2D eigenvalue weighted by Crippen LogP contribution is -2.31. The third kappa shape index (κ3) is 3.84. The third-order valence-electron chi connectivity index (χ3n) is 2.78. The van der Waals surface area contributed by atoms with Crippen molar-refractivity contribution in [3.8, 4) is 0 Å². The molecule has 2 rings (SSSR count). The van der Waals surface area contributed by atoms with Crippen LogP contribution in [0.1, 0.15) is 19.3 Å². The largest absolute Gasteiger partial charge is 0.528 e. The minimum Gasteiger partial charge on any atom is -0.528 e. The van der Waals surface area contributed by atoms with Crippen molar-refractivity contribution >= 4 is 17.6 Å². The molecule has 0 fully saturated rings. The van der Waals surface area contributed by atoms with Crippen molar-refractivity contribution in [1.29, 1.82) is 0 Å². The van der Waals surface area contributed by atoms with E-state index in [2.05, 4.69) is 4.99 Å². The summed E-state index contributed by atoms with van der Waals surface area (Å²) < 4.78 is 0. The molecule has 0 heterocycles. The van der Waals surface area contributed by atoms with E-state index in [9.17, 15) is 9.90 Å². The molecule has 0 unspecified atom stereocenters. The van der Waals surface area contributed by atoms with E-state index in [0.29, 0.717) is 17.8 Å². The Labute approximate surface area is 111 Å². The summed E-state index contributed by atoms with van der Waals surface area (Å²) in [6.45, 7) is 0. The molecule has 0 radical (unpaired) electrons. The Bertz CT molecular complexity index is 509. The number of carbonyl (C=O) groups excluding carboxylic acids is 1. The third-order valence-corrected chi connectivity index (χ3v) is 2.78. The average molecular weight is 259 g/mol. The highest BCUT2D eigenvalue weighted by Crippen LogP contribution is 2.18. The number of benzene rings is 1. The van der Waals surface area contributed by atoms with E-state index in [-0.39, 0.29) is 5.78 Å². The number of aliphatic imine (C=N–C) groups is 1. The predicted octanol–water partition coefficient (Wildman–Crippen LogP) is 1.53. The van der Waals surface area contributed by atoms with Gasteiger partial charge in [0, 0.05) is 25.2 Å². The summed E-state index contributed by atoms with van der Waals surface area (Å²) in [6.07, 6.45) is 2.87. The number of carbonyl (C=O) groups is 1. The van der Waals surface area contributed by atoms with Crippen LogP contribution in [-0.2, 0) is 9.63 Å². The maximum Gasteiger partial charge on any atom is 0.168 e. The molecule has 0 saturated heterocycles. The van der Waals surface area contributed by atoms with Gasteiger partial charge in [-0.1, -0.05) is 18.2 Å². The Kier molecular flexibility index (Phi) is 4.18. The normalized spacial score (nSPS) is 15.9. The molecular weight excluding hydrogens is 244 g/mol. The van der Waals surface area contributed by atoms with Gasteiger partial charge in [-0.15, -0.1) is 0 Å². The highest BCUT2D eigenvalue weighted by atomic mass is 16.7. The number of para-hydroxylation sites is 1. The first-order valence-corrected chi connectivity index (χ1v) is 6.11. The zero-order valence-corrected chi connectivity index (χ0v) is 10.7. The molecule has 0 aromatic heterocycles. The second-order valence-corrected chi connectivity index (χ2v) is 4.26. The zero-order chi connectivity index (χ0) is 13.7. The first-order valence-electron chi connectivity index (χ1n) is 6.11. The quantitative estimate of drug-likeness (QED) is 0.469. The van der Waals surface area contributed by atoms with Crippen LogP contribution in [0.4, 0.5) is 5.69 Å². The van der Waals surface area contributed by atoms with Gasteiger partial charge in [-0.25, -0.2) is 4.99 Å². The van der Waals surface area contributed by atoms with Crippen LogP contribution >= 0.6 is 0 Å². The average Bonchev–Trinajstić information content (AvgIpc) is 2.39.